The Balaban J connectivity index is 1.70. The minimum absolute atomic E-state index is 0.0112. The summed E-state index contributed by atoms with van der Waals surface area (Å²) in [6.07, 6.45) is 3.90. The van der Waals surface area contributed by atoms with E-state index in [-0.39, 0.29) is 74.8 Å². The minimum atomic E-state index is -1.18. The fraction of sp³-hybridized carbons (Fsp3) is 0.220. The van der Waals surface area contributed by atoms with Gasteiger partial charge in [-0.05, 0) is 82.0 Å². The molecule has 0 fully saturated rings. The van der Waals surface area contributed by atoms with Crippen LogP contribution in [0.1, 0.15) is 71.6 Å². The van der Waals surface area contributed by atoms with E-state index in [0.29, 0.717) is 5.56 Å². The second-order valence-electron chi connectivity index (χ2n) is 13.5. The standard InChI is InChI=1S/C41H38O10/c1-19(2)5-9-27-39(50)37-34(48)18-33(47)36(41(37)51-40(27)26-10-6-20(3)15-30(26)44)29-14-21(4)13-28(24-11-7-22(42)16-31(24)45)35(29)38(49)25-12-8-23(43)17-32(25)46/h5-8,10-12,14-18,28-29,35,42-48H,9,13H2,1-4H3/t28?,29-,35-/m0/s1. The first-order valence-electron chi connectivity index (χ1n) is 16.4. The van der Waals surface area contributed by atoms with Crippen molar-refractivity contribution in [3.8, 4) is 51.6 Å². The summed E-state index contributed by atoms with van der Waals surface area (Å²) in [6.45, 7) is 7.32. The lowest BCUT2D eigenvalue weighted by atomic mass is 9.65. The molecule has 1 aromatic heterocycles. The van der Waals surface area contributed by atoms with Crippen LogP contribution < -0.4 is 5.43 Å². The molecule has 1 unspecified atom stereocenters. The molecule has 0 spiro atoms. The Bertz CT molecular complexity index is 2340. The third-order valence-electron chi connectivity index (χ3n) is 9.49. The van der Waals surface area contributed by atoms with Crippen molar-refractivity contribution >= 4 is 16.8 Å². The Morgan fingerprint density at radius 2 is 1.49 bits per heavy atom. The Labute approximate surface area is 293 Å². The average Bonchev–Trinajstić information content (AvgIpc) is 3.03. The van der Waals surface area contributed by atoms with Gasteiger partial charge in [0.1, 0.15) is 57.0 Å². The molecular formula is C41H38O10. The largest absolute Gasteiger partial charge is 0.508 e. The van der Waals surface area contributed by atoms with Crippen molar-refractivity contribution in [2.24, 2.45) is 5.92 Å². The van der Waals surface area contributed by atoms with Gasteiger partial charge >= 0.3 is 0 Å². The smallest absolute Gasteiger partial charge is 0.200 e. The van der Waals surface area contributed by atoms with Crippen molar-refractivity contribution in [2.45, 2.75) is 52.4 Å². The van der Waals surface area contributed by atoms with Gasteiger partial charge in [-0.3, -0.25) is 9.59 Å². The maximum atomic E-state index is 14.7. The van der Waals surface area contributed by atoms with Gasteiger partial charge in [0.25, 0.3) is 0 Å². The number of allylic oxidation sites excluding steroid dienone is 4. The molecule has 0 bridgehead atoms. The average molecular weight is 691 g/mol. The van der Waals surface area contributed by atoms with Gasteiger partial charge in [-0.2, -0.15) is 0 Å². The molecule has 0 aliphatic heterocycles. The van der Waals surface area contributed by atoms with Crippen LogP contribution >= 0.6 is 0 Å². The number of aromatic hydroxyl groups is 7. The predicted octanol–water partition coefficient (Wildman–Crippen LogP) is 7.93. The highest BCUT2D eigenvalue weighted by Gasteiger charge is 2.43. The topological polar surface area (TPSA) is 189 Å². The van der Waals surface area contributed by atoms with E-state index >= 15 is 0 Å². The molecule has 0 amide bonds. The number of rotatable bonds is 7. The number of benzene rings is 4. The predicted molar refractivity (Wildman–Crippen MR) is 192 cm³/mol. The molecule has 7 N–H and O–H groups in total. The number of carbonyl (C=O) groups is 1. The monoisotopic (exact) mass is 690 g/mol. The fourth-order valence-electron chi connectivity index (χ4n) is 7.12. The van der Waals surface area contributed by atoms with Crippen molar-refractivity contribution in [1.82, 2.24) is 0 Å². The normalized spacial score (nSPS) is 17.3. The van der Waals surface area contributed by atoms with Crippen LogP contribution in [0.4, 0.5) is 0 Å². The summed E-state index contributed by atoms with van der Waals surface area (Å²) in [6, 6.07) is 13.5. The van der Waals surface area contributed by atoms with Gasteiger partial charge < -0.3 is 40.2 Å². The number of fused-ring (bicyclic) bond motifs is 1. The number of hydrogen-bond donors (Lipinski definition) is 7. The lowest BCUT2D eigenvalue weighted by Crippen LogP contribution is -2.32. The lowest BCUT2D eigenvalue weighted by molar-refractivity contribution is 0.0877. The minimum Gasteiger partial charge on any atom is -0.508 e. The number of phenols is 7. The van der Waals surface area contributed by atoms with Gasteiger partial charge in [0.2, 0.25) is 5.43 Å². The molecule has 51 heavy (non-hydrogen) atoms. The van der Waals surface area contributed by atoms with E-state index in [4.69, 9.17) is 4.42 Å². The lowest BCUT2D eigenvalue weighted by Gasteiger charge is -2.37. The molecule has 5 aromatic rings. The number of Topliss-reactive ketones (excluding diaryl/α,β-unsaturated/α-hetero) is 1. The van der Waals surface area contributed by atoms with Gasteiger partial charge in [-0.1, -0.05) is 35.4 Å². The zero-order valence-corrected chi connectivity index (χ0v) is 28.4. The summed E-state index contributed by atoms with van der Waals surface area (Å²) in [7, 11) is 0. The van der Waals surface area contributed by atoms with E-state index in [1.165, 1.54) is 30.3 Å². The third kappa shape index (κ3) is 6.36. The summed E-state index contributed by atoms with van der Waals surface area (Å²) < 4.78 is 6.53. The fourth-order valence-corrected chi connectivity index (χ4v) is 7.12. The van der Waals surface area contributed by atoms with E-state index in [9.17, 15) is 45.3 Å². The van der Waals surface area contributed by atoms with E-state index in [2.05, 4.69) is 0 Å². The zero-order chi connectivity index (χ0) is 36.9. The summed E-state index contributed by atoms with van der Waals surface area (Å²) in [5, 5.41) is 75.5. The second kappa shape index (κ2) is 13.3. The summed E-state index contributed by atoms with van der Waals surface area (Å²) in [4.78, 5) is 29.1. The summed E-state index contributed by atoms with van der Waals surface area (Å²) >= 11 is 0. The van der Waals surface area contributed by atoms with Gasteiger partial charge in [-0.15, -0.1) is 0 Å². The van der Waals surface area contributed by atoms with Gasteiger partial charge in [0, 0.05) is 47.1 Å². The Morgan fingerprint density at radius 1 is 0.804 bits per heavy atom. The van der Waals surface area contributed by atoms with E-state index in [1.807, 2.05) is 19.9 Å². The summed E-state index contributed by atoms with van der Waals surface area (Å²) in [5.74, 6) is -6.10. The molecule has 0 radical (unpaired) electrons. The molecule has 262 valence electrons. The van der Waals surface area contributed by atoms with E-state index < -0.39 is 46.2 Å². The number of aryl methyl sites for hydroxylation is 1. The number of phenolic OH excluding ortho intramolecular Hbond substituents is 7. The molecule has 0 saturated heterocycles. The van der Waals surface area contributed by atoms with Crippen molar-refractivity contribution in [1.29, 1.82) is 0 Å². The van der Waals surface area contributed by atoms with Crippen LogP contribution in [0, 0.1) is 12.8 Å². The van der Waals surface area contributed by atoms with Crippen molar-refractivity contribution in [3.63, 3.8) is 0 Å². The maximum absolute atomic E-state index is 14.7. The van der Waals surface area contributed by atoms with E-state index in [0.717, 1.165) is 34.9 Å². The van der Waals surface area contributed by atoms with Crippen LogP contribution in [-0.4, -0.2) is 41.5 Å². The Morgan fingerprint density at radius 3 is 2.14 bits per heavy atom. The zero-order valence-electron chi connectivity index (χ0n) is 28.4. The maximum Gasteiger partial charge on any atom is 0.200 e. The molecule has 4 aromatic carbocycles. The first-order valence-corrected chi connectivity index (χ1v) is 16.4. The van der Waals surface area contributed by atoms with Crippen LogP contribution in [-0.2, 0) is 6.42 Å². The number of carbonyl (C=O) groups excluding carboxylic acids is 1. The Kier molecular flexibility index (Phi) is 9.03. The van der Waals surface area contributed by atoms with E-state index in [1.54, 1.807) is 32.1 Å². The van der Waals surface area contributed by atoms with Gasteiger partial charge in [0.15, 0.2) is 5.78 Å². The first kappa shape index (κ1) is 34.7. The van der Waals surface area contributed by atoms with Crippen molar-refractivity contribution in [2.75, 3.05) is 0 Å². The molecule has 0 saturated carbocycles. The second-order valence-corrected chi connectivity index (χ2v) is 13.5. The SMILES string of the molecule is CC(C)=CCc1c(-c2ccc(C)cc2O)oc2c([C@H]3C=C(C)CC(c4ccc(O)cc4O)[C@@H]3C(=O)c3ccc(O)cc3O)c(O)cc(O)c2c1=O. The van der Waals surface area contributed by atoms with Gasteiger partial charge in [-0.25, -0.2) is 0 Å². The molecule has 3 atom stereocenters. The molecular weight excluding hydrogens is 652 g/mol. The first-order chi connectivity index (χ1) is 24.2. The van der Waals surface area contributed by atoms with Crippen LogP contribution in [0.15, 0.2) is 93.2 Å². The van der Waals surface area contributed by atoms with Crippen LogP contribution in [0.25, 0.3) is 22.3 Å². The quantitative estimate of drug-likeness (QED) is 0.0652. The van der Waals surface area contributed by atoms with Gasteiger partial charge in [0.05, 0.1) is 11.1 Å². The molecule has 1 heterocycles. The Hall–Kier alpha value is -6.16. The highest BCUT2D eigenvalue weighted by molar-refractivity contribution is 6.02. The third-order valence-corrected chi connectivity index (χ3v) is 9.49. The van der Waals surface area contributed by atoms with Crippen LogP contribution in [0.5, 0.6) is 40.2 Å². The molecule has 1 aliphatic carbocycles. The number of hydrogen-bond acceptors (Lipinski definition) is 10. The highest BCUT2D eigenvalue weighted by Crippen LogP contribution is 2.53. The van der Waals surface area contributed by atoms with Crippen molar-refractivity contribution in [3.05, 3.63) is 122 Å². The number of ketones is 1. The summed E-state index contributed by atoms with van der Waals surface area (Å²) in [5.41, 5.74) is 2.10. The molecule has 6 rings (SSSR count). The van der Waals surface area contributed by atoms with Crippen LogP contribution in [0.3, 0.4) is 0 Å². The molecule has 10 nitrogen and oxygen atoms in total. The molecule has 1 aliphatic rings. The highest BCUT2D eigenvalue weighted by atomic mass is 16.3. The molecule has 10 heteroatoms. The van der Waals surface area contributed by atoms with Crippen LogP contribution in [0.2, 0.25) is 0 Å². The van der Waals surface area contributed by atoms with Crippen molar-refractivity contribution < 1.29 is 45.0 Å².